The van der Waals surface area contributed by atoms with E-state index in [1.54, 1.807) is 4.90 Å². The van der Waals surface area contributed by atoms with Gasteiger partial charge in [0, 0.05) is 31.5 Å². The molecule has 1 saturated heterocycles. The van der Waals surface area contributed by atoms with Gasteiger partial charge in [-0.1, -0.05) is 20.8 Å². The van der Waals surface area contributed by atoms with Crippen molar-refractivity contribution in [3.8, 4) is 0 Å². The largest absolute Gasteiger partial charge is 0.391 e. The van der Waals surface area contributed by atoms with Crippen molar-refractivity contribution in [2.45, 2.75) is 46.1 Å². The Morgan fingerprint density at radius 2 is 2.06 bits per heavy atom. The van der Waals surface area contributed by atoms with Crippen molar-refractivity contribution < 1.29 is 14.7 Å². The van der Waals surface area contributed by atoms with Gasteiger partial charge in [0.05, 0.1) is 6.10 Å². The van der Waals surface area contributed by atoms with Gasteiger partial charge < -0.3 is 15.3 Å². The molecule has 0 spiro atoms. The van der Waals surface area contributed by atoms with Crippen LogP contribution >= 0.6 is 0 Å². The lowest BCUT2D eigenvalue weighted by Gasteiger charge is -2.18. The first-order valence-corrected chi connectivity index (χ1v) is 6.55. The van der Waals surface area contributed by atoms with Crippen molar-refractivity contribution in [3.63, 3.8) is 0 Å². The van der Waals surface area contributed by atoms with E-state index < -0.39 is 0 Å². The normalized spacial score (nSPS) is 20.0. The molecule has 1 aliphatic heterocycles. The predicted octanol–water partition coefficient (Wildman–Crippen LogP) is 0.522. The molecule has 5 heteroatoms. The highest BCUT2D eigenvalue weighted by atomic mass is 16.3. The Bertz CT molecular complexity index is 310. The second-order valence-electron chi connectivity index (χ2n) is 5.89. The molecular formula is C13H24N2O3. The number of carbonyl (C=O) groups excluding carboxylic acids is 2. The van der Waals surface area contributed by atoms with E-state index >= 15 is 0 Å². The second-order valence-corrected chi connectivity index (χ2v) is 5.89. The molecular weight excluding hydrogens is 232 g/mol. The minimum atomic E-state index is -0.386. The first-order valence-electron chi connectivity index (χ1n) is 6.55. The molecule has 2 amide bonds. The fourth-order valence-electron chi connectivity index (χ4n) is 1.83. The van der Waals surface area contributed by atoms with Crippen LogP contribution in [0.15, 0.2) is 0 Å². The molecule has 0 saturated carbocycles. The van der Waals surface area contributed by atoms with Gasteiger partial charge in [0.15, 0.2) is 0 Å². The van der Waals surface area contributed by atoms with Crippen LogP contribution in [0.2, 0.25) is 0 Å². The summed E-state index contributed by atoms with van der Waals surface area (Å²) >= 11 is 0. The zero-order chi connectivity index (χ0) is 13.8. The number of rotatable bonds is 4. The third-order valence-corrected chi connectivity index (χ3v) is 3.05. The Hall–Kier alpha value is -1.10. The highest BCUT2D eigenvalue weighted by Gasteiger charge is 2.24. The Balaban J connectivity index is 2.15. The van der Waals surface area contributed by atoms with Gasteiger partial charge in [-0.05, 0) is 12.8 Å². The molecule has 1 heterocycles. The van der Waals surface area contributed by atoms with Gasteiger partial charge in [0.1, 0.15) is 0 Å². The van der Waals surface area contributed by atoms with Crippen LogP contribution in [-0.2, 0) is 9.59 Å². The summed E-state index contributed by atoms with van der Waals surface area (Å²) in [4.78, 5) is 25.0. The summed E-state index contributed by atoms with van der Waals surface area (Å²) in [5.74, 6) is 0.0723. The van der Waals surface area contributed by atoms with E-state index in [9.17, 15) is 14.7 Å². The molecule has 2 N–H and O–H groups in total. The SMILES string of the molecule is CC(C)(C)C(=O)NCCCC(=O)N1CC[C@@H](O)C1. The van der Waals surface area contributed by atoms with Crippen LogP contribution in [0.25, 0.3) is 0 Å². The smallest absolute Gasteiger partial charge is 0.225 e. The minimum Gasteiger partial charge on any atom is -0.391 e. The number of nitrogens with one attached hydrogen (secondary N) is 1. The number of carbonyl (C=O) groups is 2. The Labute approximate surface area is 109 Å². The van der Waals surface area contributed by atoms with Crippen molar-refractivity contribution in [1.29, 1.82) is 0 Å². The average molecular weight is 256 g/mol. The van der Waals surface area contributed by atoms with E-state index in [0.717, 1.165) is 0 Å². The molecule has 0 unspecified atom stereocenters. The molecule has 0 radical (unpaired) electrons. The summed E-state index contributed by atoms with van der Waals surface area (Å²) in [6.45, 7) is 7.21. The summed E-state index contributed by atoms with van der Waals surface area (Å²) in [6.07, 6.45) is 1.38. The van der Waals surface area contributed by atoms with Crippen LogP contribution in [0.5, 0.6) is 0 Å². The molecule has 0 aromatic carbocycles. The molecule has 0 aromatic rings. The van der Waals surface area contributed by atoms with Gasteiger partial charge in [0.25, 0.3) is 0 Å². The van der Waals surface area contributed by atoms with E-state index in [2.05, 4.69) is 5.32 Å². The summed E-state index contributed by atoms with van der Waals surface area (Å²) < 4.78 is 0. The maximum atomic E-state index is 11.7. The van der Waals surface area contributed by atoms with Crippen molar-refractivity contribution in [1.82, 2.24) is 10.2 Å². The summed E-state index contributed by atoms with van der Waals surface area (Å²) in [5.41, 5.74) is -0.386. The third kappa shape index (κ3) is 4.64. The maximum Gasteiger partial charge on any atom is 0.225 e. The molecule has 0 aliphatic carbocycles. The topological polar surface area (TPSA) is 69.6 Å². The summed E-state index contributed by atoms with van der Waals surface area (Å²) in [6, 6.07) is 0. The predicted molar refractivity (Wildman–Crippen MR) is 68.9 cm³/mol. The van der Waals surface area contributed by atoms with Crippen LogP contribution in [-0.4, -0.2) is 47.6 Å². The van der Waals surface area contributed by atoms with Gasteiger partial charge in [-0.25, -0.2) is 0 Å². The molecule has 1 aliphatic rings. The molecule has 1 fully saturated rings. The molecule has 1 rings (SSSR count). The number of amides is 2. The fourth-order valence-corrected chi connectivity index (χ4v) is 1.83. The van der Waals surface area contributed by atoms with Gasteiger partial charge >= 0.3 is 0 Å². The average Bonchev–Trinajstić information content (AvgIpc) is 2.69. The van der Waals surface area contributed by atoms with Gasteiger partial charge in [-0.3, -0.25) is 9.59 Å². The third-order valence-electron chi connectivity index (χ3n) is 3.05. The van der Waals surface area contributed by atoms with E-state index in [1.165, 1.54) is 0 Å². The second kappa shape index (κ2) is 6.18. The molecule has 0 bridgehead atoms. The van der Waals surface area contributed by atoms with E-state index in [4.69, 9.17) is 0 Å². The molecule has 104 valence electrons. The van der Waals surface area contributed by atoms with E-state index in [0.29, 0.717) is 38.9 Å². The number of hydrogen-bond donors (Lipinski definition) is 2. The van der Waals surface area contributed by atoms with E-state index in [-0.39, 0.29) is 23.3 Å². The van der Waals surface area contributed by atoms with Crippen molar-refractivity contribution in [3.05, 3.63) is 0 Å². The zero-order valence-corrected chi connectivity index (χ0v) is 11.5. The fraction of sp³-hybridized carbons (Fsp3) is 0.846. The van der Waals surface area contributed by atoms with Crippen LogP contribution in [0.4, 0.5) is 0 Å². The lowest BCUT2D eigenvalue weighted by Crippen LogP contribution is -2.36. The zero-order valence-electron chi connectivity index (χ0n) is 11.5. The van der Waals surface area contributed by atoms with Crippen LogP contribution in [0, 0.1) is 5.41 Å². The standard InChI is InChI=1S/C13H24N2O3/c1-13(2,3)12(18)14-7-4-5-11(17)15-8-6-10(16)9-15/h10,16H,4-9H2,1-3H3,(H,14,18)/t10-/m1/s1. The van der Waals surface area contributed by atoms with Crippen LogP contribution in [0.3, 0.4) is 0 Å². The minimum absolute atomic E-state index is 0.00606. The molecule has 18 heavy (non-hydrogen) atoms. The van der Waals surface area contributed by atoms with E-state index in [1.807, 2.05) is 20.8 Å². The van der Waals surface area contributed by atoms with Gasteiger partial charge in [-0.2, -0.15) is 0 Å². The highest BCUT2D eigenvalue weighted by Crippen LogP contribution is 2.13. The van der Waals surface area contributed by atoms with Crippen molar-refractivity contribution in [2.75, 3.05) is 19.6 Å². The lowest BCUT2D eigenvalue weighted by atomic mass is 9.96. The van der Waals surface area contributed by atoms with Gasteiger partial charge in [0.2, 0.25) is 11.8 Å². The number of likely N-dealkylation sites (tertiary alicyclic amines) is 1. The summed E-state index contributed by atoms with van der Waals surface area (Å²) in [7, 11) is 0. The quantitative estimate of drug-likeness (QED) is 0.721. The van der Waals surface area contributed by atoms with Crippen LogP contribution in [0.1, 0.15) is 40.0 Å². The summed E-state index contributed by atoms with van der Waals surface area (Å²) in [5, 5.41) is 12.1. The number of aliphatic hydroxyl groups excluding tert-OH is 1. The highest BCUT2D eigenvalue weighted by molar-refractivity contribution is 5.81. The Morgan fingerprint density at radius 1 is 1.39 bits per heavy atom. The maximum absolute atomic E-state index is 11.7. The molecule has 0 aromatic heterocycles. The van der Waals surface area contributed by atoms with Gasteiger partial charge in [-0.15, -0.1) is 0 Å². The first kappa shape index (κ1) is 15.0. The number of hydrogen-bond acceptors (Lipinski definition) is 3. The number of β-amino-alcohol motifs (C(OH)–C–C–N with tert-alkyl or cyclic N) is 1. The van der Waals surface area contributed by atoms with Crippen molar-refractivity contribution >= 4 is 11.8 Å². The monoisotopic (exact) mass is 256 g/mol. The Morgan fingerprint density at radius 3 is 2.56 bits per heavy atom. The lowest BCUT2D eigenvalue weighted by molar-refractivity contribution is -0.131. The van der Waals surface area contributed by atoms with Crippen LogP contribution < -0.4 is 5.32 Å². The molecule has 5 nitrogen and oxygen atoms in total. The molecule has 1 atom stereocenters. The Kier molecular flexibility index (Phi) is 5.14. The van der Waals surface area contributed by atoms with Crippen molar-refractivity contribution in [2.24, 2.45) is 5.41 Å². The number of nitrogens with zero attached hydrogens (tertiary/aromatic N) is 1. The number of aliphatic hydroxyl groups is 1. The first-order chi connectivity index (χ1) is 8.30.